The second kappa shape index (κ2) is 11.1. The summed E-state index contributed by atoms with van der Waals surface area (Å²) in [5.41, 5.74) is 7.10. The maximum Gasteiger partial charge on any atom is 0.270 e. The van der Waals surface area contributed by atoms with Crippen molar-refractivity contribution in [3.8, 4) is 11.4 Å². The van der Waals surface area contributed by atoms with Gasteiger partial charge in [0.25, 0.3) is 11.8 Å². The molecule has 1 aliphatic rings. The molecule has 0 unspecified atom stereocenters. The molecule has 0 bridgehead atoms. The van der Waals surface area contributed by atoms with E-state index in [0.29, 0.717) is 17.3 Å². The molecule has 2 heterocycles. The molecular weight excluding hydrogens is 542 g/mol. The highest BCUT2D eigenvalue weighted by atomic mass is 35.5. The van der Waals surface area contributed by atoms with Gasteiger partial charge < -0.3 is 9.30 Å². The fraction of sp³-hybridized carbons (Fsp3) is 0.156. The van der Waals surface area contributed by atoms with Crippen molar-refractivity contribution in [1.82, 2.24) is 9.88 Å². The van der Waals surface area contributed by atoms with Crippen LogP contribution in [0.1, 0.15) is 33.6 Å². The first-order valence-electron chi connectivity index (χ1n) is 12.8. The van der Waals surface area contributed by atoms with Gasteiger partial charge in [-0.2, -0.15) is 0 Å². The first kappa shape index (κ1) is 27.4. The second-order valence-electron chi connectivity index (χ2n) is 9.71. The molecule has 1 saturated heterocycles. The van der Waals surface area contributed by atoms with Crippen LogP contribution >= 0.6 is 23.8 Å². The number of aromatic nitrogens is 1. The Hall–Kier alpha value is -4.20. The second-order valence-corrected chi connectivity index (χ2v) is 10.5. The summed E-state index contributed by atoms with van der Waals surface area (Å²) in [6, 6.07) is 23.0. The zero-order valence-corrected chi connectivity index (χ0v) is 24.2. The molecular formula is C32H28ClN3O3S. The number of halogens is 1. The summed E-state index contributed by atoms with van der Waals surface area (Å²) in [4.78, 5) is 27.9. The molecule has 0 atom stereocenters. The molecule has 1 aliphatic heterocycles. The van der Waals surface area contributed by atoms with Crippen molar-refractivity contribution in [2.24, 2.45) is 0 Å². The summed E-state index contributed by atoms with van der Waals surface area (Å²) in [6.07, 6.45) is 1.64. The van der Waals surface area contributed by atoms with Crippen molar-refractivity contribution >= 4 is 52.5 Å². The average molecular weight is 570 g/mol. The number of carbonyl (C=O) groups excluding carboxylic acids is 2. The lowest BCUT2D eigenvalue weighted by molar-refractivity contribution is -0.122. The van der Waals surface area contributed by atoms with Crippen LogP contribution in [0.4, 0.5) is 5.69 Å². The van der Waals surface area contributed by atoms with Crippen molar-refractivity contribution < 1.29 is 14.3 Å². The SMILES string of the molecule is Cc1cccc(N2C(=O)/C(=C/c3cc(C)n(-c4ccc(OCc5ccccc5Cl)cc4)c3C)C(=O)NC2=S)c1C. The fourth-order valence-electron chi connectivity index (χ4n) is 4.81. The van der Waals surface area contributed by atoms with Crippen LogP contribution in [0.15, 0.2) is 78.4 Å². The lowest BCUT2D eigenvalue weighted by atomic mass is 10.0. The van der Waals surface area contributed by atoms with Crippen LogP contribution in [-0.4, -0.2) is 21.5 Å². The van der Waals surface area contributed by atoms with Crippen molar-refractivity contribution in [3.05, 3.63) is 117 Å². The Labute approximate surface area is 243 Å². The normalized spacial score (nSPS) is 14.6. The number of anilines is 1. The standard InChI is InChI=1S/C32H28ClN3O3S/c1-19-8-7-11-29(21(19)3)36-31(38)27(30(37)34-32(36)40)17-24-16-20(2)35(22(24)4)25-12-14-26(15-13-25)39-18-23-9-5-6-10-28(23)33/h5-17H,18H2,1-4H3,(H,34,37,40)/b27-17+. The van der Waals surface area contributed by atoms with Gasteiger partial charge >= 0.3 is 0 Å². The largest absolute Gasteiger partial charge is 0.489 e. The lowest BCUT2D eigenvalue weighted by Gasteiger charge is -2.30. The highest BCUT2D eigenvalue weighted by Crippen LogP contribution is 2.29. The van der Waals surface area contributed by atoms with Crippen LogP contribution in [0.3, 0.4) is 0 Å². The Morgan fingerprint density at radius 1 is 0.950 bits per heavy atom. The monoisotopic (exact) mass is 569 g/mol. The molecule has 40 heavy (non-hydrogen) atoms. The number of nitrogens with zero attached hydrogens (tertiary/aromatic N) is 2. The first-order valence-corrected chi connectivity index (χ1v) is 13.6. The summed E-state index contributed by atoms with van der Waals surface area (Å²) < 4.78 is 8.00. The zero-order chi connectivity index (χ0) is 28.6. The predicted octanol–water partition coefficient (Wildman–Crippen LogP) is 6.77. The minimum Gasteiger partial charge on any atom is -0.489 e. The number of carbonyl (C=O) groups is 2. The van der Waals surface area contributed by atoms with Gasteiger partial charge in [-0.25, -0.2) is 0 Å². The van der Waals surface area contributed by atoms with Crippen LogP contribution in [0.5, 0.6) is 5.75 Å². The van der Waals surface area contributed by atoms with E-state index in [9.17, 15) is 9.59 Å². The van der Waals surface area contributed by atoms with E-state index in [1.807, 2.05) is 100 Å². The molecule has 6 nitrogen and oxygen atoms in total. The number of aryl methyl sites for hydroxylation is 2. The molecule has 202 valence electrons. The van der Waals surface area contributed by atoms with E-state index in [0.717, 1.165) is 45.1 Å². The number of nitrogens with one attached hydrogen (secondary N) is 1. The maximum atomic E-state index is 13.6. The molecule has 5 rings (SSSR count). The number of thiocarbonyl (C=S) groups is 1. The Morgan fingerprint density at radius 2 is 1.68 bits per heavy atom. The van der Waals surface area contributed by atoms with E-state index >= 15 is 0 Å². The molecule has 4 aromatic rings. The van der Waals surface area contributed by atoms with Crippen molar-refractivity contribution in [2.75, 3.05) is 4.90 Å². The molecule has 2 amide bonds. The summed E-state index contributed by atoms with van der Waals surface area (Å²) in [5, 5.41) is 3.42. The van der Waals surface area contributed by atoms with Crippen LogP contribution in [0, 0.1) is 27.7 Å². The third-order valence-corrected chi connectivity index (χ3v) is 7.79. The number of benzene rings is 3. The van der Waals surface area contributed by atoms with Crippen LogP contribution < -0.4 is 15.0 Å². The smallest absolute Gasteiger partial charge is 0.270 e. The van der Waals surface area contributed by atoms with E-state index in [4.69, 9.17) is 28.6 Å². The Morgan fingerprint density at radius 3 is 2.40 bits per heavy atom. The van der Waals surface area contributed by atoms with Crippen LogP contribution in [0.2, 0.25) is 5.02 Å². The first-order chi connectivity index (χ1) is 19.2. The summed E-state index contributed by atoms with van der Waals surface area (Å²) >= 11 is 11.6. The molecule has 1 aromatic heterocycles. The fourth-order valence-corrected chi connectivity index (χ4v) is 5.27. The van der Waals surface area contributed by atoms with E-state index < -0.39 is 11.8 Å². The minimum atomic E-state index is -0.513. The van der Waals surface area contributed by atoms with Gasteiger partial charge in [0.15, 0.2) is 5.11 Å². The summed E-state index contributed by atoms with van der Waals surface area (Å²) in [5.74, 6) is -0.242. The Balaban J connectivity index is 1.42. The molecule has 0 saturated carbocycles. The maximum absolute atomic E-state index is 13.6. The van der Waals surface area contributed by atoms with Crippen molar-refractivity contribution in [1.29, 1.82) is 0 Å². The van der Waals surface area contributed by atoms with E-state index in [-0.39, 0.29) is 10.7 Å². The van der Waals surface area contributed by atoms with Gasteiger partial charge in [-0.15, -0.1) is 0 Å². The predicted molar refractivity (Wildman–Crippen MR) is 163 cm³/mol. The van der Waals surface area contributed by atoms with Gasteiger partial charge in [0.1, 0.15) is 17.9 Å². The summed E-state index contributed by atoms with van der Waals surface area (Å²) in [6.45, 7) is 8.22. The third-order valence-electron chi connectivity index (χ3n) is 7.14. The zero-order valence-electron chi connectivity index (χ0n) is 22.6. The van der Waals surface area contributed by atoms with E-state index in [1.54, 1.807) is 6.08 Å². The lowest BCUT2D eigenvalue weighted by Crippen LogP contribution is -2.54. The van der Waals surface area contributed by atoms with Crippen molar-refractivity contribution in [2.45, 2.75) is 34.3 Å². The third kappa shape index (κ3) is 5.18. The molecule has 0 aliphatic carbocycles. The highest BCUT2D eigenvalue weighted by Gasteiger charge is 2.35. The molecule has 0 radical (unpaired) electrons. The van der Waals surface area contributed by atoms with Gasteiger partial charge in [0.2, 0.25) is 0 Å². The molecule has 3 aromatic carbocycles. The van der Waals surface area contributed by atoms with Crippen molar-refractivity contribution in [3.63, 3.8) is 0 Å². The quantitative estimate of drug-likeness (QED) is 0.158. The Kier molecular flexibility index (Phi) is 7.61. The topological polar surface area (TPSA) is 63.6 Å². The molecule has 1 fully saturated rings. The number of rotatable bonds is 6. The van der Waals surface area contributed by atoms with Gasteiger partial charge in [-0.3, -0.25) is 19.8 Å². The minimum absolute atomic E-state index is 0.0260. The Bertz CT molecular complexity index is 1690. The van der Waals surface area contributed by atoms with Crippen LogP contribution in [0.25, 0.3) is 11.8 Å². The van der Waals surface area contributed by atoms with Gasteiger partial charge in [0, 0.05) is 27.7 Å². The number of hydrogen-bond acceptors (Lipinski definition) is 4. The average Bonchev–Trinajstić information content (AvgIpc) is 3.21. The number of hydrogen-bond donors (Lipinski definition) is 1. The van der Waals surface area contributed by atoms with Crippen LogP contribution in [-0.2, 0) is 16.2 Å². The number of ether oxygens (including phenoxy) is 1. The number of amides is 2. The van der Waals surface area contributed by atoms with Gasteiger partial charge in [0.05, 0.1) is 5.69 Å². The van der Waals surface area contributed by atoms with E-state index in [1.165, 1.54) is 4.90 Å². The molecule has 0 spiro atoms. The molecule has 8 heteroatoms. The summed E-state index contributed by atoms with van der Waals surface area (Å²) in [7, 11) is 0. The highest BCUT2D eigenvalue weighted by molar-refractivity contribution is 7.80. The van der Waals surface area contributed by atoms with Gasteiger partial charge in [-0.05, 0) is 105 Å². The molecule has 1 N–H and O–H groups in total. The van der Waals surface area contributed by atoms with E-state index in [2.05, 4.69) is 9.88 Å². The van der Waals surface area contributed by atoms with Gasteiger partial charge in [-0.1, -0.05) is 41.9 Å².